The summed E-state index contributed by atoms with van der Waals surface area (Å²) in [4.78, 5) is 25.4. The van der Waals surface area contributed by atoms with Crippen molar-refractivity contribution in [2.45, 2.75) is 20.4 Å². The van der Waals surface area contributed by atoms with E-state index in [1.165, 1.54) is 18.2 Å². The predicted octanol–water partition coefficient (Wildman–Crippen LogP) is 4.46. The highest BCUT2D eigenvalue weighted by Crippen LogP contribution is 2.13. The lowest BCUT2D eigenvalue weighted by Crippen LogP contribution is -2.34. The Morgan fingerprint density at radius 2 is 1.89 bits per heavy atom. The lowest BCUT2D eigenvalue weighted by Gasteiger charge is -2.21. The van der Waals surface area contributed by atoms with Gasteiger partial charge in [0.05, 0.1) is 6.61 Å². The minimum atomic E-state index is -0.397. The van der Waals surface area contributed by atoms with Crippen LogP contribution in [0.15, 0.2) is 54.6 Å². The first-order valence-corrected chi connectivity index (χ1v) is 8.77. The molecule has 0 unspecified atom stereocenters. The van der Waals surface area contributed by atoms with Gasteiger partial charge < -0.3 is 15.0 Å². The van der Waals surface area contributed by atoms with Crippen molar-refractivity contribution < 1.29 is 18.7 Å². The van der Waals surface area contributed by atoms with Crippen LogP contribution in [0.5, 0.6) is 0 Å². The van der Waals surface area contributed by atoms with E-state index < -0.39 is 5.97 Å². The molecule has 2 aromatic rings. The van der Waals surface area contributed by atoms with Crippen molar-refractivity contribution in [3.63, 3.8) is 0 Å². The number of anilines is 1. The summed E-state index contributed by atoms with van der Waals surface area (Å²) in [6, 6.07) is 13.0. The average Bonchev–Trinajstić information content (AvgIpc) is 2.66. The summed E-state index contributed by atoms with van der Waals surface area (Å²) >= 11 is 0. The van der Waals surface area contributed by atoms with Gasteiger partial charge in [0.2, 0.25) is 0 Å². The van der Waals surface area contributed by atoms with Crippen molar-refractivity contribution in [2.24, 2.45) is 0 Å². The van der Waals surface area contributed by atoms with Gasteiger partial charge in [-0.05, 0) is 55.3 Å². The van der Waals surface area contributed by atoms with Crippen molar-refractivity contribution in [2.75, 3.05) is 18.5 Å². The monoisotopic (exact) mass is 370 g/mol. The van der Waals surface area contributed by atoms with Crippen LogP contribution in [0, 0.1) is 5.82 Å². The molecule has 0 aliphatic rings. The van der Waals surface area contributed by atoms with Crippen LogP contribution in [-0.4, -0.2) is 30.1 Å². The maximum atomic E-state index is 13.3. The largest absolute Gasteiger partial charge is 0.463 e. The number of urea groups is 1. The molecule has 6 heteroatoms. The molecule has 1 N–H and O–H groups in total. The fourth-order valence-electron chi connectivity index (χ4n) is 2.42. The smallest absolute Gasteiger partial charge is 0.330 e. The maximum Gasteiger partial charge on any atom is 0.330 e. The molecule has 0 aliphatic carbocycles. The van der Waals surface area contributed by atoms with E-state index in [0.717, 1.165) is 11.1 Å². The maximum absolute atomic E-state index is 13.3. The Hall–Kier alpha value is -3.15. The summed E-state index contributed by atoms with van der Waals surface area (Å²) in [5.41, 5.74) is 2.17. The highest BCUT2D eigenvalue weighted by molar-refractivity contribution is 5.90. The Bertz CT molecular complexity index is 803. The predicted molar refractivity (Wildman–Crippen MR) is 104 cm³/mol. The Balaban J connectivity index is 1.96. The number of nitrogens with zero attached hydrogens (tertiary/aromatic N) is 1. The number of esters is 1. The molecule has 2 aromatic carbocycles. The number of carbonyl (C=O) groups is 2. The minimum absolute atomic E-state index is 0.267. The number of benzene rings is 2. The van der Waals surface area contributed by atoms with Gasteiger partial charge in [-0.25, -0.2) is 14.0 Å². The standard InChI is InChI=1S/C21H23FN2O3/c1-3-24(15-17-6-5-7-18(22)14-17)21(26)23-19-11-8-16(9-12-19)10-13-20(25)27-4-2/h5-14H,3-4,15H2,1-2H3,(H,23,26). The molecule has 27 heavy (non-hydrogen) atoms. The highest BCUT2D eigenvalue weighted by atomic mass is 19.1. The third-order valence-electron chi connectivity index (χ3n) is 3.79. The molecule has 0 heterocycles. The number of hydrogen-bond donors (Lipinski definition) is 1. The van der Waals surface area contributed by atoms with Crippen LogP contribution >= 0.6 is 0 Å². The number of nitrogens with one attached hydrogen (secondary N) is 1. The number of hydrogen-bond acceptors (Lipinski definition) is 3. The Labute approximate surface area is 158 Å². The lowest BCUT2D eigenvalue weighted by molar-refractivity contribution is -0.137. The van der Waals surface area contributed by atoms with Gasteiger partial charge in [-0.2, -0.15) is 0 Å². The number of carbonyl (C=O) groups excluding carboxylic acids is 2. The van der Waals surface area contributed by atoms with Crippen molar-refractivity contribution in [3.8, 4) is 0 Å². The Morgan fingerprint density at radius 1 is 1.15 bits per heavy atom. The van der Waals surface area contributed by atoms with Crippen LogP contribution in [-0.2, 0) is 16.1 Å². The van der Waals surface area contributed by atoms with Gasteiger partial charge >= 0.3 is 12.0 Å². The van der Waals surface area contributed by atoms with E-state index in [1.54, 1.807) is 54.3 Å². The lowest BCUT2D eigenvalue weighted by atomic mass is 10.2. The molecule has 0 saturated heterocycles. The zero-order valence-electron chi connectivity index (χ0n) is 15.4. The summed E-state index contributed by atoms with van der Waals surface area (Å²) < 4.78 is 18.1. The third kappa shape index (κ3) is 6.58. The van der Waals surface area contributed by atoms with Gasteiger partial charge in [-0.15, -0.1) is 0 Å². The van der Waals surface area contributed by atoms with E-state index in [4.69, 9.17) is 4.74 Å². The first-order chi connectivity index (χ1) is 13.0. The van der Waals surface area contributed by atoms with Crippen LogP contribution in [0.4, 0.5) is 14.9 Å². The summed E-state index contributed by atoms with van der Waals surface area (Å²) in [6.45, 7) is 4.75. The van der Waals surface area contributed by atoms with Gasteiger partial charge in [0.1, 0.15) is 5.82 Å². The molecule has 0 atom stereocenters. The fraction of sp³-hybridized carbons (Fsp3) is 0.238. The molecule has 0 aliphatic heterocycles. The van der Waals surface area contributed by atoms with E-state index >= 15 is 0 Å². The fourth-order valence-corrected chi connectivity index (χ4v) is 2.42. The summed E-state index contributed by atoms with van der Waals surface area (Å²) in [6.07, 6.45) is 3.00. The second-order valence-corrected chi connectivity index (χ2v) is 5.78. The third-order valence-corrected chi connectivity index (χ3v) is 3.79. The first kappa shape index (κ1) is 20.2. The molecule has 142 valence electrons. The molecule has 2 rings (SSSR count). The molecule has 0 radical (unpaired) electrons. The topological polar surface area (TPSA) is 58.6 Å². The van der Waals surface area contributed by atoms with Crippen LogP contribution in [0.25, 0.3) is 6.08 Å². The summed E-state index contributed by atoms with van der Waals surface area (Å²) in [5.74, 6) is -0.721. The highest BCUT2D eigenvalue weighted by Gasteiger charge is 2.12. The minimum Gasteiger partial charge on any atom is -0.463 e. The van der Waals surface area contributed by atoms with Gasteiger partial charge in [-0.3, -0.25) is 0 Å². The van der Waals surface area contributed by atoms with E-state index in [-0.39, 0.29) is 11.8 Å². The number of rotatable bonds is 7. The SMILES string of the molecule is CCOC(=O)C=Cc1ccc(NC(=O)N(CC)Cc2cccc(F)c2)cc1. The van der Waals surface area contributed by atoms with Crippen molar-refractivity contribution >= 4 is 23.8 Å². The average molecular weight is 370 g/mol. The first-order valence-electron chi connectivity index (χ1n) is 8.77. The normalized spacial score (nSPS) is 10.6. The van der Waals surface area contributed by atoms with E-state index in [0.29, 0.717) is 25.4 Å². The van der Waals surface area contributed by atoms with E-state index in [1.807, 2.05) is 6.92 Å². The second kappa shape index (κ2) is 10.1. The van der Waals surface area contributed by atoms with Crippen LogP contribution in [0.2, 0.25) is 0 Å². The molecular formula is C21H23FN2O3. The number of amides is 2. The summed E-state index contributed by atoms with van der Waals surface area (Å²) in [7, 11) is 0. The quantitative estimate of drug-likeness (QED) is 0.578. The van der Waals surface area contributed by atoms with Crippen molar-refractivity contribution in [1.29, 1.82) is 0 Å². The van der Waals surface area contributed by atoms with Gasteiger partial charge in [0.15, 0.2) is 0 Å². The van der Waals surface area contributed by atoms with Gasteiger partial charge in [0, 0.05) is 24.9 Å². The molecule has 0 aromatic heterocycles. The van der Waals surface area contributed by atoms with Crippen LogP contribution in [0.1, 0.15) is 25.0 Å². The molecule has 0 fully saturated rings. The van der Waals surface area contributed by atoms with E-state index in [2.05, 4.69) is 5.32 Å². The Kier molecular flexibility index (Phi) is 7.55. The van der Waals surface area contributed by atoms with Gasteiger partial charge in [-0.1, -0.05) is 24.3 Å². The summed E-state index contributed by atoms with van der Waals surface area (Å²) in [5, 5.41) is 2.82. The van der Waals surface area contributed by atoms with Gasteiger partial charge in [0.25, 0.3) is 0 Å². The molecule has 2 amide bonds. The van der Waals surface area contributed by atoms with E-state index in [9.17, 15) is 14.0 Å². The number of halogens is 1. The molecule has 0 bridgehead atoms. The second-order valence-electron chi connectivity index (χ2n) is 5.78. The van der Waals surface area contributed by atoms with Crippen molar-refractivity contribution in [3.05, 3.63) is 71.6 Å². The molecule has 0 saturated carbocycles. The van der Waals surface area contributed by atoms with Crippen LogP contribution < -0.4 is 5.32 Å². The zero-order chi connectivity index (χ0) is 19.6. The zero-order valence-corrected chi connectivity index (χ0v) is 15.4. The molecule has 0 spiro atoms. The number of ether oxygens (including phenoxy) is 1. The molecular weight excluding hydrogens is 347 g/mol. The Morgan fingerprint density at radius 3 is 2.52 bits per heavy atom. The van der Waals surface area contributed by atoms with Crippen LogP contribution in [0.3, 0.4) is 0 Å². The molecule has 5 nitrogen and oxygen atoms in total. The van der Waals surface area contributed by atoms with Crippen molar-refractivity contribution in [1.82, 2.24) is 4.90 Å².